The quantitative estimate of drug-likeness (QED) is 0.712. The molecule has 1 aromatic heterocycles. The molecule has 25 heavy (non-hydrogen) atoms. The summed E-state index contributed by atoms with van der Waals surface area (Å²) in [5.41, 5.74) is 2.95. The lowest BCUT2D eigenvalue weighted by Crippen LogP contribution is -2.34. The highest BCUT2D eigenvalue weighted by molar-refractivity contribution is 7.10. The molecule has 0 spiro atoms. The minimum absolute atomic E-state index is 0.0389. The third-order valence-electron chi connectivity index (χ3n) is 4.21. The van der Waals surface area contributed by atoms with Gasteiger partial charge in [0, 0.05) is 17.0 Å². The summed E-state index contributed by atoms with van der Waals surface area (Å²) in [6, 6.07) is 22.3. The molecule has 1 atom stereocenters. The van der Waals surface area contributed by atoms with Crippen molar-refractivity contribution in [3.05, 3.63) is 82.6 Å². The molecule has 1 heterocycles. The number of rotatable bonds is 6. The van der Waals surface area contributed by atoms with Crippen molar-refractivity contribution in [3.8, 4) is 11.1 Å². The monoisotopic (exact) mass is 350 g/mol. The molecule has 1 N–H and O–H groups in total. The Morgan fingerprint density at radius 3 is 2.24 bits per heavy atom. The minimum atomic E-state index is -0.0389. The maximum absolute atomic E-state index is 12.5. The lowest BCUT2D eigenvalue weighted by Gasteiger charge is -2.23. The van der Waals surface area contributed by atoms with Crippen molar-refractivity contribution in [1.29, 1.82) is 0 Å². The molecule has 0 saturated heterocycles. The molecule has 0 aliphatic heterocycles. The van der Waals surface area contributed by atoms with E-state index in [4.69, 9.17) is 0 Å². The van der Waals surface area contributed by atoms with Crippen molar-refractivity contribution in [1.82, 2.24) is 10.2 Å². The van der Waals surface area contributed by atoms with Gasteiger partial charge in [-0.25, -0.2) is 0 Å². The third kappa shape index (κ3) is 4.35. The largest absolute Gasteiger partial charge is 0.350 e. The van der Waals surface area contributed by atoms with Crippen LogP contribution in [0.3, 0.4) is 0 Å². The van der Waals surface area contributed by atoms with Crippen molar-refractivity contribution < 1.29 is 4.79 Å². The Balaban J connectivity index is 1.65. The number of likely N-dealkylation sites (N-methyl/N-ethyl adjacent to an activating group) is 1. The van der Waals surface area contributed by atoms with E-state index in [1.54, 1.807) is 11.3 Å². The predicted molar refractivity (Wildman–Crippen MR) is 105 cm³/mol. The lowest BCUT2D eigenvalue weighted by atomic mass is 10.0. The van der Waals surface area contributed by atoms with Crippen LogP contribution in [-0.2, 0) is 0 Å². The van der Waals surface area contributed by atoms with Gasteiger partial charge in [-0.1, -0.05) is 48.5 Å². The molecule has 0 unspecified atom stereocenters. The van der Waals surface area contributed by atoms with E-state index < -0.39 is 0 Å². The molecule has 2 aromatic carbocycles. The Hall–Kier alpha value is -2.43. The fraction of sp³-hybridized carbons (Fsp3) is 0.190. The second kappa shape index (κ2) is 8.10. The zero-order valence-electron chi connectivity index (χ0n) is 14.5. The van der Waals surface area contributed by atoms with E-state index in [9.17, 15) is 4.79 Å². The number of thiophene rings is 1. The summed E-state index contributed by atoms with van der Waals surface area (Å²) in [6.07, 6.45) is 0. The van der Waals surface area contributed by atoms with Gasteiger partial charge in [0.05, 0.1) is 6.04 Å². The number of carbonyl (C=O) groups is 1. The van der Waals surface area contributed by atoms with E-state index in [0.717, 1.165) is 11.1 Å². The number of hydrogen-bond donors (Lipinski definition) is 1. The zero-order valence-corrected chi connectivity index (χ0v) is 15.3. The molecule has 3 rings (SSSR count). The standard InChI is InChI=1S/C21H22N2OS/c1-23(2)19(20-9-6-14-25-20)15-22-21(24)18-12-10-17(11-13-18)16-7-4-3-5-8-16/h3-14,19H,15H2,1-2H3,(H,22,24)/t19-/m1/s1. The van der Waals surface area contributed by atoms with Gasteiger partial charge in [0.15, 0.2) is 0 Å². The summed E-state index contributed by atoms with van der Waals surface area (Å²) in [5, 5.41) is 5.12. The minimum Gasteiger partial charge on any atom is -0.350 e. The number of amides is 1. The Bertz CT molecular complexity index is 796. The molecule has 0 aliphatic rings. The first-order valence-electron chi connectivity index (χ1n) is 8.28. The van der Waals surface area contributed by atoms with Gasteiger partial charge in [0.1, 0.15) is 0 Å². The van der Waals surface area contributed by atoms with Crippen LogP contribution >= 0.6 is 11.3 Å². The summed E-state index contributed by atoms with van der Waals surface area (Å²) in [4.78, 5) is 15.8. The summed E-state index contributed by atoms with van der Waals surface area (Å²) < 4.78 is 0. The number of nitrogens with zero attached hydrogens (tertiary/aromatic N) is 1. The van der Waals surface area contributed by atoms with Gasteiger partial charge in [-0.15, -0.1) is 11.3 Å². The number of nitrogens with one attached hydrogen (secondary N) is 1. The van der Waals surface area contributed by atoms with Crippen molar-refractivity contribution in [2.75, 3.05) is 20.6 Å². The van der Waals surface area contributed by atoms with E-state index in [1.165, 1.54) is 4.88 Å². The van der Waals surface area contributed by atoms with Crippen LogP contribution in [0, 0.1) is 0 Å². The molecule has 128 valence electrons. The van der Waals surface area contributed by atoms with Crippen LogP contribution in [0.1, 0.15) is 21.3 Å². The maximum Gasteiger partial charge on any atom is 0.251 e. The Morgan fingerprint density at radius 1 is 0.960 bits per heavy atom. The molecule has 1 amide bonds. The van der Waals surface area contributed by atoms with Gasteiger partial charge in [-0.3, -0.25) is 4.79 Å². The molecule has 3 aromatic rings. The van der Waals surface area contributed by atoms with Crippen LogP contribution in [-0.4, -0.2) is 31.4 Å². The third-order valence-corrected chi connectivity index (χ3v) is 5.18. The molecule has 0 fully saturated rings. The van der Waals surface area contributed by atoms with Crippen LogP contribution in [0.25, 0.3) is 11.1 Å². The van der Waals surface area contributed by atoms with E-state index >= 15 is 0 Å². The first-order chi connectivity index (χ1) is 12.1. The fourth-order valence-corrected chi connectivity index (χ4v) is 3.68. The highest BCUT2D eigenvalue weighted by atomic mass is 32.1. The number of hydrogen-bond acceptors (Lipinski definition) is 3. The molecule has 0 radical (unpaired) electrons. The second-order valence-corrected chi connectivity index (χ2v) is 7.13. The molecule has 4 heteroatoms. The van der Waals surface area contributed by atoms with Crippen LogP contribution < -0.4 is 5.32 Å². The Morgan fingerprint density at radius 2 is 1.64 bits per heavy atom. The summed E-state index contributed by atoms with van der Waals surface area (Å²) in [7, 11) is 4.07. The average molecular weight is 350 g/mol. The molecule has 0 saturated carbocycles. The van der Waals surface area contributed by atoms with Gasteiger partial charge < -0.3 is 10.2 Å². The molecule has 0 bridgehead atoms. The van der Waals surface area contributed by atoms with E-state index in [1.807, 2.05) is 62.6 Å². The summed E-state index contributed by atoms with van der Waals surface area (Å²) >= 11 is 1.71. The number of carbonyl (C=O) groups excluding carboxylic acids is 1. The topological polar surface area (TPSA) is 32.3 Å². The van der Waals surface area contributed by atoms with Gasteiger partial charge in [0.25, 0.3) is 5.91 Å². The van der Waals surface area contributed by atoms with Crippen molar-refractivity contribution in [3.63, 3.8) is 0 Å². The van der Waals surface area contributed by atoms with Gasteiger partial charge in [-0.05, 0) is 48.8 Å². The van der Waals surface area contributed by atoms with Crippen molar-refractivity contribution in [2.45, 2.75) is 6.04 Å². The van der Waals surface area contributed by atoms with Crippen molar-refractivity contribution in [2.24, 2.45) is 0 Å². The smallest absolute Gasteiger partial charge is 0.251 e. The second-order valence-electron chi connectivity index (χ2n) is 6.15. The van der Waals surface area contributed by atoms with Crippen LogP contribution in [0.2, 0.25) is 0 Å². The SMILES string of the molecule is CN(C)[C@H](CNC(=O)c1ccc(-c2ccccc2)cc1)c1cccs1. The van der Waals surface area contributed by atoms with Crippen molar-refractivity contribution >= 4 is 17.2 Å². The molecule has 0 aliphatic carbocycles. The highest BCUT2D eigenvalue weighted by Gasteiger charge is 2.16. The normalized spacial score (nSPS) is 12.1. The zero-order chi connectivity index (χ0) is 17.6. The van der Waals surface area contributed by atoms with E-state index in [-0.39, 0.29) is 11.9 Å². The summed E-state index contributed by atoms with van der Waals surface area (Å²) in [6.45, 7) is 0.590. The van der Waals surface area contributed by atoms with Crippen LogP contribution in [0.5, 0.6) is 0 Å². The van der Waals surface area contributed by atoms with E-state index in [2.05, 4.69) is 33.8 Å². The first kappa shape index (κ1) is 17.4. The van der Waals surface area contributed by atoms with Gasteiger partial charge >= 0.3 is 0 Å². The highest BCUT2D eigenvalue weighted by Crippen LogP contribution is 2.23. The van der Waals surface area contributed by atoms with Gasteiger partial charge in [-0.2, -0.15) is 0 Å². The Labute approximate surface area is 152 Å². The maximum atomic E-state index is 12.5. The lowest BCUT2D eigenvalue weighted by molar-refractivity contribution is 0.0942. The van der Waals surface area contributed by atoms with E-state index in [0.29, 0.717) is 12.1 Å². The molecule has 3 nitrogen and oxygen atoms in total. The summed E-state index contributed by atoms with van der Waals surface area (Å²) in [5.74, 6) is -0.0389. The fourth-order valence-electron chi connectivity index (χ4n) is 2.75. The number of benzene rings is 2. The average Bonchev–Trinajstić information content (AvgIpc) is 3.16. The van der Waals surface area contributed by atoms with Gasteiger partial charge in [0.2, 0.25) is 0 Å². The Kier molecular flexibility index (Phi) is 5.64. The first-order valence-corrected chi connectivity index (χ1v) is 9.16. The molecular weight excluding hydrogens is 328 g/mol. The molecular formula is C21H22N2OS. The van der Waals surface area contributed by atoms with Crippen LogP contribution in [0.15, 0.2) is 72.1 Å². The van der Waals surface area contributed by atoms with Crippen LogP contribution in [0.4, 0.5) is 0 Å². The predicted octanol–water partition coefficient (Wildman–Crippen LogP) is 4.45.